The van der Waals surface area contributed by atoms with Gasteiger partial charge < -0.3 is 28.8 Å². The topological polar surface area (TPSA) is 108 Å². The lowest BCUT2D eigenvalue weighted by molar-refractivity contribution is -0.870. The fraction of sp³-hybridized carbons (Fsp3) is 0.857. The molecule has 0 saturated carbocycles. The molecule has 0 aromatic heterocycles. The first-order chi connectivity index (χ1) is 28.0. The van der Waals surface area contributed by atoms with E-state index in [1.165, 1.54) is 154 Å². The van der Waals surface area contributed by atoms with Gasteiger partial charge in [-0.1, -0.05) is 198 Å². The van der Waals surface area contributed by atoms with Crippen LogP contribution in [0.15, 0.2) is 36.5 Å². The highest BCUT2D eigenvalue weighted by Gasteiger charge is 2.23. The van der Waals surface area contributed by atoms with E-state index < -0.39 is 20.0 Å². The van der Waals surface area contributed by atoms with E-state index >= 15 is 0 Å². The number of aliphatic hydroxyl groups is 1. The van der Waals surface area contributed by atoms with Crippen molar-refractivity contribution in [3.8, 4) is 0 Å². The number of hydrogen-bond donors (Lipinski definition) is 2. The highest BCUT2D eigenvalue weighted by atomic mass is 31.2. The minimum absolute atomic E-state index is 0.00170. The molecule has 2 N–H and O–H groups in total. The summed E-state index contributed by atoms with van der Waals surface area (Å²) in [7, 11) is 1.26. The quantitative estimate of drug-likeness (QED) is 0.0274. The third kappa shape index (κ3) is 42.8. The molecule has 0 aliphatic rings. The lowest BCUT2D eigenvalue weighted by atomic mass is 10.0. The molecule has 0 aliphatic heterocycles. The van der Waals surface area contributed by atoms with Crippen molar-refractivity contribution in [1.82, 2.24) is 5.32 Å². The Kier molecular flexibility index (Phi) is 40.2. The molecule has 8 nitrogen and oxygen atoms in total. The van der Waals surface area contributed by atoms with Gasteiger partial charge in [-0.05, 0) is 51.4 Å². The monoisotopic (exact) mass is 839 g/mol. The summed E-state index contributed by atoms with van der Waals surface area (Å²) in [6, 6.07) is -0.884. The fourth-order valence-corrected chi connectivity index (χ4v) is 7.67. The standard InChI is InChI=1S/C49H95N2O6P/c1-6-8-10-12-14-16-17-18-19-20-21-22-23-24-25-26-27-28-29-30-31-32-33-35-37-39-41-43-49(53)50-47(46-57-58(54,55)56-45-44-51(3,4)5)48(52)42-40-38-36-34-15-13-11-9-7-2/h21-22,24-25,40,42,47-48,52H,6-20,23,26-39,41,43-46H2,1-5H3,(H-,50,53,54,55)/b22-21-,25-24-,42-40+. The normalized spacial score (nSPS) is 14.5. The summed E-state index contributed by atoms with van der Waals surface area (Å²) < 4.78 is 23.1. The average Bonchev–Trinajstić information content (AvgIpc) is 3.17. The zero-order valence-corrected chi connectivity index (χ0v) is 39.6. The summed E-state index contributed by atoms with van der Waals surface area (Å²) in [6.45, 7) is 4.61. The first-order valence-electron chi connectivity index (χ1n) is 24.4. The zero-order valence-electron chi connectivity index (χ0n) is 38.8. The SMILES string of the molecule is CCCCCCCCC/C=C/C(O)C(COP(=O)([O-])OCC[N+](C)(C)C)NC(=O)CCCCCCCCCCCCC/C=C\C/C=C\CCCCCCCCCCC. The first-order valence-corrected chi connectivity index (χ1v) is 25.8. The average molecular weight is 839 g/mol. The third-order valence-electron chi connectivity index (χ3n) is 10.8. The Labute approximate surface area is 359 Å². The van der Waals surface area contributed by atoms with E-state index in [9.17, 15) is 19.4 Å². The molecule has 0 saturated heterocycles. The Balaban J connectivity index is 4.11. The van der Waals surface area contributed by atoms with Crippen molar-refractivity contribution >= 4 is 13.7 Å². The molecule has 1 amide bonds. The van der Waals surface area contributed by atoms with E-state index in [1.54, 1.807) is 6.08 Å². The second kappa shape index (κ2) is 41.1. The molecular weight excluding hydrogens is 744 g/mol. The van der Waals surface area contributed by atoms with Gasteiger partial charge in [-0.3, -0.25) is 9.36 Å². The number of carbonyl (C=O) groups excluding carboxylic acids is 1. The smallest absolute Gasteiger partial charge is 0.268 e. The predicted octanol–water partition coefficient (Wildman–Crippen LogP) is 13.2. The van der Waals surface area contributed by atoms with Crippen molar-refractivity contribution in [3.63, 3.8) is 0 Å². The van der Waals surface area contributed by atoms with E-state index in [0.29, 0.717) is 17.4 Å². The van der Waals surface area contributed by atoms with Gasteiger partial charge in [0.1, 0.15) is 13.2 Å². The minimum Gasteiger partial charge on any atom is -0.756 e. The Morgan fingerprint density at radius 3 is 1.43 bits per heavy atom. The summed E-state index contributed by atoms with van der Waals surface area (Å²) in [5, 5.41) is 13.7. The van der Waals surface area contributed by atoms with Gasteiger partial charge in [0.25, 0.3) is 7.82 Å². The van der Waals surface area contributed by atoms with Gasteiger partial charge in [0.2, 0.25) is 5.91 Å². The van der Waals surface area contributed by atoms with Gasteiger partial charge in [0.15, 0.2) is 0 Å². The van der Waals surface area contributed by atoms with Crippen molar-refractivity contribution in [1.29, 1.82) is 0 Å². The Morgan fingerprint density at radius 2 is 1.00 bits per heavy atom. The van der Waals surface area contributed by atoms with Crippen LogP contribution in [0.1, 0.15) is 219 Å². The largest absolute Gasteiger partial charge is 0.756 e. The number of quaternary nitrogens is 1. The van der Waals surface area contributed by atoms with Crippen LogP contribution in [0.2, 0.25) is 0 Å². The zero-order chi connectivity index (χ0) is 42.8. The maximum Gasteiger partial charge on any atom is 0.268 e. The summed E-state index contributed by atoms with van der Waals surface area (Å²) in [4.78, 5) is 25.3. The number of allylic oxidation sites excluding steroid dienone is 5. The van der Waals surface area contributed by atoms with Gasteiger partial charge in [-0.15, -0.1) is 0 Å². The number of hydrogen-bond acceptors (Lipinski definition) is 6. The highest BCUT2D eigenvalue weighted by molar-refractivity contribution is 7.45. The molecule has 3 unspecified atom stereocenters. The lowest BCUT2D eigenvalue weighted by Gasteiger charge is -2.29. The molecule has 9 heteroatoms. The van der Waals surface area contributed by atoms with Crippen molar-refractivity contribution in [3.05, 3.63) is 36.5 Å². The molecular formula is C49H95N2O6P. The molecule has 58 heavy (non-hydrogen) atoms. The molecule has 342 valence electrons. The number of phosphoric acid groups is 1. The number of rotatable bonds is 44. The van der Waals surface area contributed by atoms with Crippen molar-refractivity contribution in [2.75, 3.05) is 40.9 Å². The third-order valence-corrected chi connectivity index (χ3v) is 11.8. The second-order valence-electron chi connectivity index (χ2n) is 17.8. The molecule has 0 heterocycles. The number of nitrogens with one attached hydrogen (secondary N) is 1. The van der Waals surface area contributed by atoms with Crippen molar-refractivity contribution < 1.29 is 32.9 Å². The summed E-state index contributed by atoms with van der Waals surface area (Å²) in [5.41, 5.74) is 0. The second-order valence-corrected chi connectivity index (χ2v) is 19.2. The van der Waals surface area contributed by atoms with Crippen LogP contribution in [0.4, 0.5) is 0 Å². The highest BCUT2D eigenvalue weighted by Crippen LogP contribution is 2.38. The van der Waals surface area contributed by atoms with Crippen LogP contribution < -0.4 is 10.2 Å². The van der Waals surface area contributed by atoms with Crippen molar-refractivity contribution in [2.24, 2.45) is 0 Å². The Morgan fingerprint density at radius 1 is 0.603 bits per heavy atom. The van der Waals surface area contributed by atoms with Crippen LogP contribution in [0.5, 0.6) is 0 Å². The van der Waals surface area contributed by atoms with Crippen LogP contribution in [-0.4, -0.2) is 68.5 Å². The lowest BCUT2D eigenvalue weighted by Crippen LogP contribution is -2.45. The van der Waals surface area contributed by atoms with Crippen molar-refractivity contribution in [2.45, 2.75) is 231 Å². The number of nitrogens with zero attached hydrogens (tertiary/aromatic N) is 1. The number of aliphatic hydroxyl groups excluding tert-OH is 1. The maximum atomic E-state index is 12.8. The molecule has 0 aliphatic carbocycles. The first kappa shape index (κ1) is 56.7. The van der Waals surface area contributed by atoms with Gasteiger partial charge in [-0.25, -0.2) is 0 Å². The van der Waals surface area contributed by atoms with E-state index in [0.717, 1.165) is 44.9 Å². The molecule has 0 aromatic carbocycles. The molecule has 0 fully saturated rings. The number of unbranched alkanes of at least 4 members (excludes halogenated alkanes) is 27. The summed E-state index contributed by atoms with van der Waals surface area (Å²) in [6.07, 6.45) is 50.7. The van der Waals surface area contributed by atoms with Crippen LogP contribution >= 0.6 is 7.82 Å². The van der Waals surface area contributed by atoms with Gasteiger partial charge in [-0.2, -0.15) is 0 Å². The predicted molar refractivity (Wildman–Crippen MR) is 247 cm³/mol. The van der Waals surface area contributed by atoms with E-state index in [2.05, 4.69) is 43.5 Å². The van der Waals surface area contributed by atoms with Crippen LogP contribution in [0.25, 0.3) is 0 Å². The number of phosphoric ester groups is 1. The molecule has 0 bridgehead atoms. The number of amides is 1. The Hall–Kier alpha value is -1.28. The summed E-state index contributed by atoms with van der Waals surface area (Å²) in [5.74, 6) is -0.202. The van der Waals surface area contributed by atoms with E-state index in [-0.39, 0.29) is 19.1 Å². The van der Waals surface area contributed by atoms with Crippen LogP contribution in [0.3, 0.4) is 0 Å². The van der Waals surface area contributed by atoms with Crippen LogP contribution in [0, 0.1) is 0 Å². The molecule has 0 rings (SSSR count). The van der Waals surface area contributed by atoms with Gasteiger partial charge in [0.05, 0.1) is 39.9 Å². The molecule has 0 spiro atoms. The molecule has 0 radical (unpaired) electrons. The molecule has 0 aromatic rings. The Bertz CT molecular complexity index is 1040. The summed E-state index contributed by atoms with van der Waals surface area (Å²) >= 11 is 0. The molecule has 3 atom stereocenters. The van der Waals surface area contributed by atoms with Gasteiger partial charge in [0, 0.05) is 6.42 Å². The minimum atomic E-state index is -4.58. The van der Waals surface area contributed by atoms with Gasteiger partial charge >= 0.3 is 0 Å². The maximum absolute atomic E-state index is 12.8. The number of carbonyl (C=O) groups is 1. The fourth-order valence-electron chi connectivity index (χ4n) is 6.95. The van der Waals surface area contributed by atoms with E-state index in [4.69, 9.17) is 9.05 Å². The van der Waals surface area contributed by atoms with Crippen LogP contribution in [-0.2, 0) is 18.4 Å². The number of likely N-dealkylation sites (N-methyl/N-ethyl adjacent to an activating group) is 1. The van der Waals surface area contributed by atoms with E-state index in [1.807, 2.05) is 27.2 Å².